The normalized spacial score (nSPS) is 12.9. The maximum absolute atomic E-state index is 13.1. The summed E-state index contributed by atoms with van der Waals surface area (Å²) in [6.07, 6.45) is 2.83. The number of hydrogen-bond donors (Lipinski definition) is 3. The maximum Gasteiger partial charge on any atom is 0.232 e. The van der Waals surface area contributed by atoms with Gasteiger partial charge >= 0.3 is 0 Å². The van der Waals surface area contributed by atoms with Crippen LogP contribution < -0.4 is 10.6 Å². The van der Waals surface area contributed by atoms with Crippen molar-refractivity contribution >= 4 is 50.5 Å². The SMILES string of the molecule is C.CC(=O)c1ccc(C(c2ccccc2)C(C)(C)C(=O)Nc2nccs2)cc1.CC(O)c1ccc(C(c2ccccc2)C(C)(C)C(=O)Nc2nccs2)cc1. The third-order valence-electron chi connectivity index (χ3n) is 9.59. The predicted octanol–water partition coefficient (Wildman–Crippen LogP) is 10.8. The highest BCUT2D eigenvalue weighted by Crippen LogP contribution is 2.43. The second-order valence-electron chi connectivity index (χ2n) is 14.2. The summed E-state index contributed by atoms with van der Waals surface area (Å²) in [5.41, 5.74) is 4.22. The fourth-order valence-electron chi connectivity index (χ4n) is 6.57. The zero-order chi connectivity index (χ0) is 38.9. The van der Waals surface area contributed by atoms with Crippen molar-refractivity contribution in [2.24, 2.45) is 10.8 Å². The molecule has 0 saturated heterocycles. The number of amides is 2. The third-order valence-corrected chi connectivity index (χ3v) is 11.0. The monoisotopic (exact) mass is 774 g/mol. The van der Waals surface area contributed by atoms with Crippen LogP contribution in [0.2, 0.25) is 0 Å². The number of rotatable bonds is 12. The van der Waals surface area contributed by atoms with Gasteiger partial charge in [-0.05, 0) is 41.7 Å². The van der Waals surface area contributed by atoms with Gasteiger partial charge in [0, 0.05) is 40.6 Å². The van der Waals surface area contributed by atoms with Crippen LogP contribution >= 0.6 is 22.7 Å². The van der Waals surface area contributed by atoms with Crippen molar-refractivity contribution in [2.75, 3.05) is 10.6 Å². The van der Waals surface area contributed by atoms with Crippen molar-refractivity contribution in [1.29, 1.82) is 0 Å². The number of benzene rings is 4. The van der Waals surface area contributed by atoms with Gasteiger partial charge in [-0.15, -0.1) is 22.7 Å². The molecule has 0 aliphatic carbocycles. The Kier molecular flexibility index (Phi) is 14.5. The van der Waals surface area contributed by atoms with Gasteiger partial charge in [0.25, 0.3) is 0 Å². The topological polar surface area (TPSA) is 121 Å². The lowest BCUT2D eigenvalue weighted by Gasteiger charge is -2.34. The number of aliphatic hydroxyl groups excluding tert-OH is 1. The molecule has 0 radical (unpaired) electrons. The minimum absolute atomic E-state index is 0. The third kappa shape index (κ3) is 10.5. The smallest absolute Gasteiger partial charge is 0.232 e. The van der Waals surface area contributed by atoms with Gasteiger partial charge in [0.2, 0.25) is 11.8 Å². The number of ketones is 1. The Balaban J connectivity index is 0.000000240. The number of anilines is 2. The number of carbonyl (C=O) groups excluding carboxylic acids is 3. The Labute approximate surface area is 332 Å². The first-order valence-corrected chi connectivity index (χ1v) is 19.5. The predicted molar refractivity (Wildman–Crippen MR) is 226 cm³/mol. The molecule has 55 heavy (non-hydrogen) atoms. The lowest BCUT2D eigenvalue weighted by Crippen LogP contribution is -2.37. The van der Waals surface area contributed by atoms with Gasteiger partial charge in [-0.25, -0.2) is 9.97 Å². The van der Waals surface area contributed by atoms with E-state index in [1.165, 1.54) is 22.7 Å². The number of aliphatic hydroxyl groups is 1. The van der Waals surface area contributed by atoms with E-state index in [0.29, 0.717) is 15.8 Å². The largest absolute Gasteiger partial charge is 0.389 e. The maximum atomic E-state index is 13.1. The Bertz CT molecular complexity index is 2100. The molecule has 3 atom stereocenters. The molecule has 0 aliphatic rings. The van der Waals surface area contributed by atoms with Crippen LogP contribution in [0.5, 0.6) is 0 Å². The van der Waals surface area contributed by atoms with Crippen LogP contribution in [0, 0.1) is 10.8 Å². The van der Waals surface area contributed by atoms with Crippen molar-refractivity contribution < 1.29 is 19.5 Å². The summed E-state index contributed by atoms with van der Waals surface area (Å²) < 4.78 is 0. The van der Waals surface area contributed by atoms with E-state index in [2.05, 4.69) is 20.6 Å². The van der Waals surface area contributed by atoms with Crippen LogP contribution in [0.3, 0.4) is 0 Å². The molecule has 8 nitrogen and oxygen atoms in total. The minimum Gasteiger partial charge on any atom is -0.389 e. The molecule has 6 rings (SSSR count). The van der Waals surface area contributed by atoms with Gasteiger partial charge in [-0.1, -0.05) is 144 Å². The van der Waals surface area contributed by atoms with Gasteiger partial charge < -0.3 is 15.7 Å². The summed E-state index contributed by atoms with van der Waals surface area (Å²) in [7, 11) is 0. The lowest BCUT2D eigenvalue weighted by molar-refractivity contribution is -0.125. The quantitative estimate of drug-likeness (QED) is 0.106. The van der Waals surface area contributed by atoms with Crippen molar-refractivity contribution in [3.05, 3.63) is 166 Å². The molecule has 0 spiro atoms. The van der Waals surface area contributed by atoms with E-state index in [1.54, 1.807) is 26.2 Å². The van der Waals surface area contributed by atoms with Gasteiger partial charge in [-0.3, -0.25) is 14.4 Å². The highest BCUT2D eigenvalue weighted by molar-refractivity contribution is 7.14. The molecule has 3 unspecified atom stereocenters. The fraction of sp³-hybridized carbons (Fsp3) is 0.267. The van der Waals surface area contributed by atoms with Crippen molar-refractivity contribution in [2.45, 2.75) is 66.9 Å². The second kappa shape index (κ2) is 18.8. The molecule has 0 fully saturated rings. The van der Waals surface area contributed by atoms with Crippen LogP contribution in [0.4, 0.5) is 10.3 Å². The highest BCUT2D eigenvalue weighted by atomic mass is 32.1. The van der Waals surface area contributed by atoms with Crippen molar-refractivity contribution in [3.8, 4) is 0 Å². The van der Waals surface area contributed by atoms with E-state index >= 15 is 0 Å². The van der Waals surface area contributed by atoms with E-state index in [4.69, 9.17) is 0 Å². The summed E-state index contributed by atoms with van der Waals surface area (Å²) in [5, 5.41) is 20.5. The van der Waals surface area contributed by atoms with Crippen molar-refractivity contribution in [1.82, 2.24) is 9.97 Å². The van der Waals surface area contributed by atoms with E-state index < -0.39 is 16.9 Å². The summed E-state index contributed by atoms with van der Waals surface area (Å²) >= 11 is 2.80. The summed E-state index contributed by atoms with van der Waals surface area (Å²) in [5.74, 6) is -0.451. The Hall–Kier alpha value is -5.29. The fourth-order valence-corrected chi connectivity index (χ4v) is 7.62. The Morgan fingerprint density at radius 2 is 0.927 bits per heavy atom. The number of hydrogen-bond acceptors (Lipinski definition) is 8. The molecular weight excluding hydrogens is 725 g/mol. The lowest BCUT2D eigenvalue weighted by atomic mass is 9.70. The van der Waals surface area contributed by atoms with E-state index in [9.17, 15) is 19.5 Å². The van der Waals surface area contributed by atoms with E-state index in [-0.39, 0.29) is 36.9 Å². The first kappa shape index (κ1) is 42.5. The molecule has 10 heteroatoms. The minimum atomic E-state index is -0.731. The van der Waals surface area contributed by atoms with Crippen LogP contribution in [-0.2, 0) is 9.59 Å². The standard InChI is InChI=1S/C22H24N2O2S.C22H22N2O2S.CH4/c2*1-15(25)16-9-11-18(12-10-16)19(17-7-5-4-6-8-17)22(2,3)20(26)24-21-23-13-14-27-21;/h4-15,19,25H,1-3H3,(H,23,24,26);4-14,19H,1-3H3,(H,23,24,26);1H4. The average molecular weight is 775 g/mol. The highest BCUT2D eigenvalue weighted by Gasteiger charge is 2.40. The molecule has 2 heterocycles. The molecule has 3 N–H and O–H groups in total. The second-order valence-corrected chi connectivity index (χ2v) is 16.0. The Morgan fingerprint density at radius 3 is 1.25 bits per heavy atom. The first-order valence-electron chi connectivity index (χ1n) is 17.7. The zero-order valence-electron chi connectivity index (χ0n) is 31.3. The summed E-state index contributed by atoms with van der Waals surface area (Å²) in [4.78, 5) is 46.1. The number of aromatic nitrogens is 2. The van der Waals surface area contributed by atoms with Crippen LogP contribution in [0.1, 0.15) is 105 Å². The molecule has 4 aromatic carbocycles. The van der Waals surface area contributed by atoms with Gasteiger partial charge in [0.05, 0.1) is 16.9 Å². The number of carbonyl (C=O) groups is 3. The van der Waals surface area contributed by atoms with Gasteiger partial charge in [0.1, 0.15) is 0 Å². The summed E-state index contributed by atoms with van der Waals surface area (Å²) in [6, 6.07) is 35.4. The molecule has 0 bridgehead atoms. The summed E-state index contributed by atoms with van der Waals surface area (Å²) in [6.45, 7) is 11.1. The van der Waals surface area contributed by atoms with E-state index in [0.717, 1.165) is 27.8 Å². The molecule has 0 aliphatic heterocycles. The number of nitrogens with zero attached hydrogens (tertiary/aromatic N) is 2. The van der Waals surface area contributed by atoms with Crippen LogP contribution in [0.25, 0.3) is 0 Å². The first-order chi connectivity index (χ1) is 25.8. The molecular formula is C45H50N4O4S2. The molecule has 2 aromatic heterocycles. The van der Waals surface area contributed by atoms with Gasteiger partial charge in [-0.2, -0.15) is 0 Å². The molecule has 0 saturated carbocycles. The van der Waals surface area contributed by atoms with E-state index in [1.807, 2.05) is 148 Å². The average Bonchev–Trinajstić information content (AvgIpc) is 3.88. The zero-order valence-corrected chi connectivity index (χ0v) is 32.9. The number of thiazole rings is 2. The molecule has 6 aromatic rings. The number of Topliss-reactive ketones (excluding diaryl/α,β-unsaturated/α-hetero) is 1. The van der Waals surface area contributed by atoms with Crippen molar-refractivity contribution in [3.63, 3.8) is 0 Å². The number of nitrogens with one attached hydrogen (secondary N) is 2. The van der Waals surface area contributed by atoms with Crippen LogP contribution in [-0.4, -0.2) is 32.7 Å². The molecule has 286 valence electrons. The molecule has 2 amide bonds. The Morgan fingerprint density at radius 1 is 0.582 bits per heavy atom. The van der Waals surface area contributed by atoms with Crippen LogP contribution in [0.15, 0.2) is 132 Å². The van der Waals surface area contributed by atoms with Gasteiger partial charge in [0.15, 0.2) is 16.0 Å².